The van der Waals surface area contributed by atoms with E-state index in [9.17, 15) is 0 Å². The van der Waals surface area contributed by atoms with Crippen molar-refractivity contribution in [3.8, 4) is 0 Å². The van der Waals surface area contributed by atoms with Gasteiger partial charge in [0.1, 0.15) is 8.24 Å². The molecule has 0 aliphatic rings. The minimum absolute atomic E-state index is 0. The summed E-state index contributed by atoms with van der Waals surface area (Å²) in [6, 6.07) is 10.7. The third-order valence-corrected chi connectivity index (χ3v) is 5.04. The van der Waals surface area contributed by atoms with Crippen LogP contribution < -0.4 is 18.9 Å². The Hall–Kier alpha value is -0.266. The summed E-state index contributed by atoms with van der Waals surface area (Å²) in [4.78, 5) is 0. The first-order valence-electron chi connectivity index (χ1n) is 5.83. The third-order valence-electron chi connectivity index (χ3n) is 2.76. The largest absolute Gasteiger partial charge is 1.00 e. The van der Waals surface area contributed by atoms with Gasteiger partial charge in [0.25, 0.3) is 0 Å². The summed E-state index contributed by atoms with van der Waals surface area (Å²) in [5.74, 6) is 0. The van der Waals surface area contributed by atoms with Crippen LogP contribution in [0.1, 0.15) is 5.56 Å². The zero-order valence-electron chi connectivity index (χ0n) is 11.7. The van der Waals surface area contributed by atoms with E-state index in [0.717, 1.165) is 19.5 Å². The van der Waals surface area contributed by atoms with E-state index in [2.05, 4.69) is 67.2 Å². The van der Waals surface area contributed by atoms with Gasteiger partial charge in [-0.05, 0) is 18.5 Å². The fourth-order valence-corrected chi connectivity index (χ4v) is 3.06. The second-order valence-electron chi connectivity index (χ2n) is 5.08. The monoisotopic (exact) mass is 239 g/mol. The quantitative estimate of drug-likeness (QED) is 0.512. The minimum Gasteiger partial charge on any atom is -0.490 e. The third kappa shape index (κ3) is 6.28. The van der Waals surface area contributed by atoms with Crippen LogP contribution in [0.4, 0.5) is 0 Å². The fourth-order valence-electron chi connectivity index (χ4n) is 1.70. The minimum atomic E-state index is -1.23. The van der Waals surface area contributed by atoms with Crippen LogP contribution in [0.15, 0.2) is 36.9 Å². The first-order chi connectivity index (χ1) is 7.54. The second-order valence-corrected chi connectivity index (χ2v) is 10.1. The molecule has 88 valence electrons. The topological polar surface area (TPSA) is 3.24 Å². The van der Waals surface area contributed by atoms with Gasteiger partial charge in [-0.1, -0.05) is 50.0 Å². The summed E-state index contributed by atoms with van der Waals surface area (Å²) < 4.78 is 2.53. The van der Waals surface area contributed by atoms with E-state index in [1.165, 1.54) is 5.56 Å². The van der Waals surface area contributed by atoms with Gasteiger partial charge >= 0.3 is 18.9 Å². The van der Waals surface area contributed by atoms with Gasteiger partial charge in [0.05, 0.1) is 0 Å². The van der Waals surface area contributed by atoms with E-state index in [4.69, 9.17) is 0 Å². The first-order valence-corrected chi connectivity index (χ1v) is 9.27. The molecule has 0 amide bonds. The molecule has 0 aromatic heterocycles. The molecule has 0 radical (unpaired) electrons. The zero-order valence-corrected chi connectivity index (χ0v) is 12.7. The van der Waals surface area contributed by atoms with E-state index in [0.29, 0.717) is 0 Å². The average molecular weight is 239 g/mol. The Morgan fingerprint density at radius 1 is 1.18 bits per heavy atom. The van der Waals surface area contributed by atoms with Crippen molar-refractivity contribution in [1.29, 1.82) is 0 Å². The van der Waals surface area contributed by atoms with Crippen LogP contribution in [0.25, 0.3) is 0 Å². The Bertz CT molecular complexity index is 319. The molecule has 0 fully saturated rings. The van der Waals surface area contributed by atoms with Crippen LogP contribution >= 0.6 is 0 Å². The van der Waals surface area contributed by atoms with Crippen LogP contribution in [0, 0.1) is 6.08 Å². The maximum Gasteiger partial charge on any atom is 1.00 e. The first kappa shape index (κ1) is 16.7. The van der Waals surface area contributed by atoms with Crippen molar-refractivity contribution in [3.63, 3.8) is 0 Å². The van der Waals surface area contributed by atoms with E-state index >= 15 is 0 Å². The van der Waals surface area contributed by atoms with E-state index < -0.39 is 8.24 Å². The predicted molar refractivity (Wildman–Crippen MR) is 73.9 cm³/mol. The SMILES string of the molecule is C=[C-]CN(CCc1ccccc1)[Si](C)(C)C.[Li+]. The molecule has 0 aliphatic heterocycles. The zero-order chi connectivity index (χ0) is 12.0. The number of hydrogen-bond donors (Lipinski definition) is 0. The molecule has 0 saturated carbocycles. The fraction of sp³-hybridized carbons (Fsp3) is 0.429. The van der Waals surface area contributed by atoms with E-state index in [-0.39, 0.29) is 18.9 Å². The van der Waals surface area contributed by atoms with Gasteiger partial charge in [-0.15, -0.1) is 6.54 Å². The molecule has 0 unspecified atom stereocenters. The van der Waals surface area contributed by atoms with Crippen molar-refractivity contribution in [2.45, 2.75) is 26.1 Å². The molecule has 0 spiro atoms. The van der Waals surface area contributed by atoms with Gasteiger partial charge < -0.3 is 10.6 Å². The molecule has 0 atom stereocenters. The van der Waals surface area contributed by atoms with Crippen LogP contribution in [-0.4, -0.2) is 25.9 Å². The van der Waals surface area contributed by atoms with E-state index in [1.807, 2.05) is 0 Å². The molecular formula is C14H22LiNSi. The Morgan fingerprint density at radius 3 is 2.24 bits per heavy atom. The molecular weight excluding hydrogens is 217 g/mol. The van der Waals surface area contributed by atoms with E-state index in [1.54, 1.807) is 0 Å². The predicted octanol–water partition coefficient (Wildman–Crippen LogP) is 0.359. The number of nitrogens with zero attached hydrogens (tertiary/aromatic N) is 1. The molecule has 3 heteroatoms. The van der Waals surface area contributed by atoms with Gasteiger partial charge in [0.2, 0.25) is 0 Å². The standard InChI is InChI=1S/C14H22NSi.Li/c1-5-12-15(16(2,3)4)13-11-14-9-7-6-8-10-14;/h6-10H,1,11-13H2,2-4H3;/q-1;+1. The summed E-state index contributed by atoms with van der Waals surface area (Å²) in [5.41, 5.74) is 1.41. The van der Waals surface area contributed by atoms with Gasteiger partial charge in [0, 0.05) is 0 Å². The second kappa shape index (κ2) is 7.95. The molecule has 1 aromatic carbocycles. The van der Waals surface area contributed by atoms with Crippen molar-refractivity contribution < 1.29 is 18.9 Å². The Balaban J connectivity index is 0.00000256. The molecule has 0 saturated heterocycles. The maximum atomic E-state index is 3.72. The number of benzene rings is 1. The summed E-state index contributed by atoms with van der Waals surface area (Å²) >= 11 is 0. The van der Waals surface area contributed by atoms with Crippen LogP contribution in [0.3, 0.4) is 0 Å². The van der Waals surface area contributed by atoms with Gasteiger partial charge in [-0.25, -0.2) is 0 Å². The molecule has 1 nitrogen and oxygen atoms in total. The summed E-state index contributed by atoms with van der Waals surface area (Å²) in [6.45, 7) is 12.8. The van der Waals surface area contributed by atoms with Crippen molar-refractivity contribution in [3.05, 3.63) is 48.6 Å². The van der Waals surface area contributed by atoms with Gasteiger partial charge in [-0.3, -0.25) is 6.58 Å². The summed E-state index contributed by atoms with van der Waals surface area (Å²) in [6.07, 6.45) is 4.14. The molecule has 0 N–H and O–H groups in total. The van der Waals surface area contributed by atoms with Crippen molar-refractivity contribution >= 4 is 8.24 Å². The van der Waals surface area contributed by atoms with Crippen LogP contribution in [0.2, 0.25) is 19.6 Å². The Kier molecular flexibility index (Phi) is 7.82. The number of hydrogen-bond acceptors (Lipinski definition) is 1. The smallest absolute Gasteiger partial charge is 0.490 e. The van der Waals surface area contributed by atoms with Crippen molar-refractivity contribution in [2.24, 2.45) is 0 Å². The van der Waals surface area contributed by atoms with Crippen molar-refractivity contribution in [2.75, 3.05) is 13.1 Å². The number of rotatable bonds is 6. The summed E-state index contributed by atoms with van der Waals surface area (Å²) in [7, 11) is -1.23. The van der Waals surface area contributed by atoms with Gasteiger partial charge in [0.15, 0.2) is 0 Å². The summed E-state index contributed by atoms with van der Waals surface area (Å²) in [5, 5.41) is 0. The van der Waals surface area contributed by atoms with Crippen LogP contribution in [-0.2, 0) is 6.42 Å². The van der Waals surface area contributed by atoms with Crippen LogP contribution in [0.5, 0.6) is 0 Å². The Labute approximate surface area is 119 Å². The van der Waals surface area contributed by atoms with Gasteiger partial charge in [-0.2, -0.15) is 0 Å². The molecule has 0 heterocycles. The maximum absolute atomic E-state index is 3.72. The molecule has 1 aromatic rings. The average Bonchev–Trinajstić information content (AvgIpc) is 2.24. The molecule has 0 bridgehead atoms. The normalized spacial score (nSPS) is 11.1. The molecule has 17 heavy (non-hydrogen) atoms. The molecule has 1 rings (SSSR count). The Morgan fingerprint density at radius 2 is 1.76 bits per heavy atom. The van der Waals surface area contributed by atoms with Crippen molar-refractivity contribution in [1.82, 2.24) is 4.57 Å². The molecule has 0 aliphatic carbocycles.